The van der Waals surface area contributed by atoms with E-state index in [0.29, 0.717) is 24.2 Å². The zero-order valence-corrected chi connectivity index (χ0v) is 13.6. The van der Waals surface area contributed by atoms with Crippen molar-refractivity contribution in [1.29, 1.82) is 5.26 Å². The molecule has 2 N–H and O–H groups in total. The van der Waals surface area contributed by atoms with Gasteiger partial charge in [0.15, 0.2) is 6.10 Å². The quantitative estimate of drug-likeness (QED) is 0.767. The normalized spacial score (nSPS) is 12.1. The lowest BCUT2D eigenvalue weighted by Crippen LogP contribution is -2.52. The fourth-order valence-electron chi connectivity index (χ4n) is 2.28. The summed E-state index contributed by atoms with van der Waals surface area (Å²) in [6.07, 6.45) is 0.0232. The van der Waals surface area contributed by atoms with Crippen LogP contribution in [0.4, 0.5) is 0 Å². The van der Waals surface area contributed by atoms with Gasteiger partial charge in [-0.05, 0) is 31.9 Å². The third-order valence-electron chi connectivity index (χ3n) is 3.91. The van der Waals surface area contributed by atoms with Crippen molar-refractivity contribution < 1.29 is 19.4 Å². The maximum absolute atomic E-state index is 12.3. The molecule has 1 aromatic carbocycles. The van der Waals surface area contributed by atoms with Gasteiger partial charge in [0.2, 0.25) is 0 Å². The van der Waals surface area contributed by atoms with Crippen molar-refractivity contribution in [3.05, 3.63) is 29.8 Å². The van der Waals surface area contributed by atoms with Crippen LogP contribution >= 0.6 is 0 Å². The van der Waals surface area contributed by atoms with Crippen LogP contribution in [0.25, 0.3) is 0 Å². The predicted molar refractivity (Wildman–Crippen MR) is 85.0 cm³/mol. The van der Waals surface area contributed by atoms with E-state index in [0.717, 1.165) is 0 Å². The van der Waals surface area contributed by atoms with Gasteiger partial charge in [-0.2, -0.15) is 5.26 Å². The minimum atomic E-state index is -0.961. The fourth-order valence-corrected chi connectivity index (χ4v) is 2.28. The lowest BCUT2D eigenvalue weighted by atomic mass is 9.88. The van der Waals surface area contributed by atoms with Crippen molar-refractivity contribution in [3.63, 3.8) is 0 Å². The van der Waals surface area contributed by atoms with Crippen LogP contribution in [0.15, 0.2) is 24.3 Å². The van der Waals surface area contributed by atoms with Crippen molar-refractivity contribution in [2.24, 2.45) is 0 Å². The van der Waals surface area contributed by atoms with Gasteiger partial charge in [-0.3, -0.25) is 9.59 Å². The molecule has 0 aliphatic heterocycles. The van der Waals surface area contributed by atoms with E-state index >= 15 is 0 Å². The molecule has 1 aromatic rings. The molecule has 1 atom stereocenters. The predicted octanol–water partition coefficient (Wildman–Crippen LogP) is 2.48. The second kappa shape index (κ2) is 8.18. The molecule has 6 heteroatoms. The van der Waals surface area contributed by atoms with Crippen LogP contribution in [0.5, 0.6) is 5.75 Å². The Morgan fingerprint density at radius 2 is 1.96 bits per heavy atom. The van der Waals surface area contributed by atoms with Gasteiger partial charge in [0.1, 0.15) is 11.8 Å². The molecule has 1 rings (SSSR count). The average molecular weight is 318 g/mol. The third-order valence-corrected chi connectivity index (χ3v) is 3.91. The first-order valence-electron chi connectivity index (χ1n) is 7.57. The van der Waals surface area contributed by atoms with E-state index in [1.807, 2.05) is 19.9 Å². The number of benzene rings is 1. The van der Waals surface area contributed by atoms with E-state index in [-0.39, 0.29) is 6.42 Å². The van der Waals surface area contributed by atoms with Crippen LogP contribution in [0.3, 0.4) is 0 Å². The summed E-state index contributed by atoms with van der Waals surface area (Å²) in [7, 11) is 0. The van der Waals surface area contributed by atoms with E-state index in [4.69, 9.17) is 15.1 Å². The molecule has 6 nitrogen and oxygen atoms in total. The molecule has 0 aliphatic carbocycles. The van der Waals surface area contributed by atoms with Crippen molar-refractivity contribution in [2.45, 2.75) is 51.7 Å². The highest BCUT2D eigenvalue weighted by Crippen LogP contribution is 2.22. The largest absolute Gasteiger partial charge is 0.481 e. The fraction of sp³-hybridized carbons (Fsp3) is 0.471. The molecule has 0 heterocycles. The second-order valence-electron chi connectivity index (χ2n) is 5.42. The molecule has 1 amide bonds. The lowest BCUT2D eigenvalue weighted by molar-refractivity contribution is -0.139. The molecule has 0 saturated heterocycles. The Balaban J connectivity index is 2.83. The minimum absolute atomic E-state index is 0.146. The molecule has 0 radical (unpaired) electrons. The van der Waals surface area contributed by atoms with Gasteiger partial charge in [-0.1, -0.05) is 26.0 Å². The number of rotatable bonds is 8. The Labute approximate surface area is 136 Å². The molecule has 0 aromatic heterocycles. The van der Waals surface area contributed by atoms with E-state index in [9.17, 15) is 9.59 Å². The number of carboxylic acid groups (broad SMARTS) is 1. The molecule has 124 valence electrons. The molecule has 0 aliphatic rings. The number of carbonyl (C=O) groups excluding carboxylic acids is 1. The van der Waals surface area contributed by atoms with Crippen molar-refractivity contribution in [2.75, 3.05) is 0 Å². The van der Waals surface area contributed by atoms with Crippen molar-refractivity contribution in [1.82, 2.24) is 5.32 Å². The number of hydrogen-bond donors (Lipinski definition) is 2. The summed E-state index contributed by atoms with van der Waals surface area (Å²) in [4.78, 5) is 23.4. The molecule has 0 bridgehead atoms. The summed E-state index contributed by atoms with van der Waals surface area (Å²) in [5, 5.41) is 20.9. The summed E-state index contributed by atoms with van der Waals surface area (Å²) >= 11 is 0. The van der Waals surface area contributed by atoms with Crippen LogP contribution in [0, 0.1) is 11.3 Å². The van der Waals surface area contributed by atoms with E-state index in [1.54, 1.807) is 31.2 Å². The highest BCUT2D eigenvalue weighted by molar-refractivity contribution is 5.82. The van der Waals surface area contributed by atoms with Gasteiger partial charge in [0.25, 0.3) is 5.91 Å². The van der Waals surface area contributed by atoms with Gasteiger partial charge in [0, 0.05) is 0 Å². The Kier molecular flexibility index (Phi) is 6.58. The minimum Gasteiger partial charge on any atom is -0.481 e. The Morgan fingerprint density at radius 1 is 1.35 bits per heavy atom. The van der Waals surface area contributed by atoms with Crippen LogP contribution in [-0.2, 0) is 9.59 Å². The molecule has 1 unspecified atom stereocenters. The monoisotopic (exact) mass is 318 g/mol. The SMILES string of the molecule is CCC(CC)(CC(=O)O)NC(=O)C(C)Oc1ccccc1C#N. The maximum atomic E-state index is 12.3. The van der Waals surface area contributed by atoms with E-state index in [1.165, 1.54) is 0 Å². The van der Waals surface area contributed by atoms with Gasteiger partial charge < -0.3 is 15.2 Å². The zero-order valence-electron chi connectivity index (χ0n) is 13.6. The standard InChI is InChI=1S/C17H22N2O4/c1-4-17(5-2,10-15(20)21)19-16(22)12(3)23-14-9-7-6-8-13(14)11-18/h6-9,12H,4-5,10H2,1-3H3,(H,19,22)(H,20,21). The Bertz CT molecular complexity index is 603. The zero-order chi connectivity index (χ0) is 17.5. The van der Waals surface area contributed by atoms with Gasteiger partial charge in [-0.15, -0.1) is 0 Å². The molecule has 0 saturated carbocycles. The highest BCUT2D eigenvalue weighted by atomic mass is 16.5. The number of amides is 1. The Hall–Kier alpha value is -2.55. The number of nitriles is 1. The number of hydrogen-bond acceptors (Lipinski definition) is 4. The first kappa shape index (κ1) is 18.5. The summed E-state index contributed by atoms with van der Waals surface area (Å²) in [6.45, 7) is 5.24. The summed E-state index contributed by atoms with van der Waals surface area (Å²) in [6, 6.07) is 8.65. The number of aliphatic carboxylic acids is 1. The Morgan fingerprint density at radius 3 is 2.48 bits per heavy atom. The van der Waals surface area contributed by atoms with Crippen molar-refractivity contribution >= 4 is 11.9 Å². The molecular weight excluding hydrogens is 296 g/mol. The van der Waals surface area contributed by atoms with E-state index < -0.39 is 23.5 Å². The molecule has 0 fully saturated rings. The average Bonchev–Trinajstić information content (AvgIpc) is 2.54. The first-order valence-corrected chi connectivity index (χ1v) is 7.57. The van der Waals surface area contributed by atoms with Crippen molar-refractivity contribution in [3.8, 4) is 11.8 Å². The summed E-state index contributed by atoms with van der Waals surface area (Å²) < 4.78 is 5.56. The first-order chi connectivity index (χ1) is 10.9. The second-order valence-corrected chi connectivity index (χ2v) is 5.42. The van der Waals surface area contributed by atoms with E-state index in [2.05, 4.69) is 5.32 Å². The number of ether oxygens (including phenoxy) is 1. The van der Waals surface area contributed by atoms with Gasteiger partial charge in [0.05, 0.1) is 17.5 Å². The molecular formula is C17H22N2O4. The van der Waals surface area contributed by atoms with Crippen LogP contribution in [-0.4, -0.2) is 28.6 Å². The number of para-hydroxylation sites is 1. The lowest BCUT2D eigenvalue weighted by Gasteiger charge is -2.32. The third kappa shape index (κ3) is 4.99. The molecule has 0 spiro atoms. The smallest absolute Gasteiger partial charge is 0.305 e. The number of nitrogens with one attached hydrogen (secondary N) is 1. The summed E-state index contributed by atoms with van der Waals surface area (Å²) in [5.41, 5.74) is -0.454. The van der Waals surface area contributed by atoms with Crippen LogP contribution in [0.2, 0.25) is 0 Å². The summed E-state index contributed by atoms with van der Waals surface area (Å²) in [5.74, 6) is -1.03. The maximum Gasteiger partial charge on any atom is 0.305 e. The van der Waals surface area contributed by atoms with Crippen LogP contribution < -0.4 is 10.1 Å². The van der Waals surface area contributed by atoms with Crippen LogP contribution in [0.1, 0.15) is 45.6 Å². The van der Waals surface area contributed by atoms with Gasteiger partial charge in [-0.25, -0.2) is 0 Å². The van der Waals surface area contributed by atoms with Gasteiger partial charge >= 0.3 is 5.97 Å². The number of carbonyl (C=O) groups is 2. The highest BCUT2D eigenvalue weighted by Gasteiger charge is 2.32. The molecule has 23 heavy (non-hydrogen) atoms. The number of carboxylic acids is 1. The number of nitrogens with zero attached hydrogens (tertiary/aromatic N) is 1. The topological polar surface area (TPSA) is 99.4 Å².